The molecule has 0 atom stereocenters. The molecule has 2 N–H and O–H groups in total. The van der Waals surface area contributed by atoms with Gasteiger partial charge in [0.1, 0.15) is 0 Å². The zero-order valence-electron chi connectivity index (χ0n) is 9.40. The van der Waals surface area contributed by atoms with Crippen LogP contribution in [-0.2, 0) is 22.7 Å². The zero-order valence-corrected chi connectivity index (χ0v) is 9.40. The van der Waals surface area contributed by atoms with Crippen LogP contribution in [0, 0.1) is 0 Å². The summed E-state index contributed by atoms with van der Waals surface area (Å²) in [6, 6.07) is 7.68. The van der Waals surface area contributed by atoms with Crippen LogP contribution in [0.4, 0.5) is 0 Å². The third-order valence-corrected chi connectivity index (χ3v) is 2.27. The highest BCUT2D eigenvalue weighted by Gasteiger charge is 1.99. The smallest absolute Gasteiger partial charge is 0.306 e. The van der Waals surface area contributed by atoms with Crippen molar-refractivity contribution in [2.24, 2.45) is 0 Å². The van der Waals surface area contributed by atoms with Crippen molar-refractivity contribution in [3.05, 3.63) is 35.4 Å². The molecule has 1 aromatic rings. The molecule has 0 aliphatic rings. The fourth-order valence-corrected chi connectivity index (χ4v) is 1.29. The van der Waals surface area contributed by atoms with Gasteiger partial charge in [-0.25, -0.2) is 0 Å². The predicted octanol–water partition coefficient (Wildman–Crippen LogP) is 0.832. The second-order valence-electron chi connectivity index (χ2n) is 3.48. The van der Waals surface area contributed by atoms with Crippen molar-refractivity contribution < 1.29 is 14.6 Å². The summed E-state index contributed by atoms with van der Waals surface area (Å²) in [6.45, 7) is 1.38. The van der Waals surface area contributed by atoms with Crippen molar-refractivity contribution in [2.45, 2.75) is 19.6 Å². The van der Waals surface area contributed by atoms with Gasteiger partial charge in [0.15, 0.2) is 0 Å². The molecular weight excluding hydrogens is 206 g/mol. The second kappa shape index (κ2) is 6.98. The van der Waals surface area contributed by atoms with Crippen molar-refractivity contribution >= 4 is 5.97 Å². The van der Waals surface area contributed by atoms with E-state index in [-0.39, 0.29) is 12.6 Å². The lowest BCUT2D eigenvalue weighted by Gasteiger charge is -2.04. The van der Waals surface area contributed by atoms with Gasteiger partial charge in [0.2, 0.25) is 0 Å². The molecule has 0 bridgehead atoms. The third kappa shape index (κ3) is 4.42. The molecule has 0 amide bonds. The van der Waals surface area contributed by atoms with Crippen LogP contribution in [0.5, 0.6) is 0 Å². The number of carbonyl (C=O) groups is 1. The van der Waals surface area contributed by atoms with E-state index in [0.29, 0.717) is 19.5 Å². The summed E-state index contributed by atoms with van der Waals surface area (Å²) >= 11 is 0. The van der Waals surface area contributed by atoms with E-state index in [1.165, 1.54) is 7.11 Å². The predicted molar refractivity (Wildman–Crippen MR) is 60.7 cm³/mol. The normalized spacial score (nSPS) is 10.1. The van der Waals surface area contributed by atoms with Gasteiger partial charge in [-0.05, 0) is 11.1 Å². The third-order valence-electron chi connectivity index (χ3n) is 2.27. The molecular formula is C12H17NO3. The molecule has 16 heavy (non-hydrogen) atoms. The van der Waals surface area contributed by atoms with Gasteiger partial charge < -0.3 is 15.2 Å². The van der Waals surface area contributed by atoms with E-state index in [0.717, 1.165) is 11.1 Å². The first-order valence-electron chi connectivity index (χ1n) is 5.22. The van der Waals surface area contributed by atoms with Crippen LogP contribution in [0.3, 0.4) is 0 Å². The summed E-state index contributed by atoms with van der Waals surface area (Å²) in [5.41, 5.74) is 2.03. The molecule has 1 aromatic carbocycles. The molecule has 0 radical (unpaired) electrons. The lowest BCUT2D eigenvalue weighted by molar-refractivity contribution is -0.140. The van der Waals surface area contributed by atoms with Gasteiger partial charge in [0.25, 0.3) is 0 Å². The summed E-state index contributed by atoms with van der Waals surface area (Å²) in [5, 5.41) is 12.0. The maximum atomic E-state index is 10.8. The largest absolute Gasteiger partial charge is 0.469 e. The number of rotatable bonds is 6. The number of esters is 1. The van der Waals surface area contributed by atoms with E-state index in [1.807, 2.05) is 24.3 Å². The van der Waals surface area contributed by atoms with Crippen molar-refractivity contribution in [3.63, 3.8) is 0 Å². The number of nitrogens with one attached hydrogen (secondary N) is 1. The van der Waals surface area contributed by atoms with Crippen LogP contribution in [0.15, 0.2) is 24.3 Å². The summed E-state index contributed by atoms with van der Waals surface area (Å²) in [7, 11) is 1.38. The lowest BCUT2D eigenvalue weighted by atomic mass is 10.1. The Labute approximate surface area is 95.2 Å². The number of hydrogen-bond acceptors (Lipinski definition) is 4. The minimum atomic E-state index is -0.205. The van der Waals surface area contributed by atoms with Crippen molar-refractivity contribution in [2.75, 3.05) is 13.7 Å². The van der Waals surface area contributed by atoms with E-state index in [2.05, 4.69) is 10.1 Å². The minimum Gasteiger partial charge on any atom is -0.469 e. The average Bonchev–Trinajstić information content (AvgIpc) is 2.35. The van der Waals surface area contributed by atoms with Gasteiger partial charge in [-0.3, -0.25) is 4.79 Å². The molecule has 0 fully saturated rings. The zero-order chi connectivity index (χ0) is 11.8. The lowest BCUT2D eigenvalue weighted by Crippen LogP contribution is -2.18. The Balaban J connectivity index is 2.24. The van der Waals surface area contributed by atoms with E-state index in [1.54, 1.807) is 0 Å². The number of methoxy groups -OCH3 is 1. The second-order valence-corrected chi connectivity index (χ2v) is 3.48. The van der Waals surface area contributed by atoms with Crippen LogP contribution in [0.2, 0.25) is 0 Å². The van der Waals surface area contributed by atoms with Crippen LogP contribution in [0.25, 0.3) is 0 Å². The van der Waals surface area contributed by atoms with Gasteiger partial charge in [0.05, 0.1) is 20.1 Å². The summed E-state index contributed by atoms with van der Waals surface area (Å²) in [5.74, 6) is -0.205. The number of carbonyl (C=O) groups excluding carboxylic acids is 1. The van der Waals surface area contributed by atoms with Crippen molar-refractivity contribution in [1.29, 1.82) is 0 Å². The number of aliphatic hydroxyl groups excluding tert-OH is 1. The summed E-state index contributed by atoms with van der Waals surface area (Å²) in [4.78, 5) is 10.8. The molecule has 0 aliphatic carbocycles. The Kier molecular flexibility index (Phi) is 5.53. The molecule has 88 valence electrons. The summed E-state index contributed by atoms with van der Waals surface area (Å²) in [6.07, 6.45) is 0.380. The summed E-state index contributed by atoms with van der Waals surface area (Å²) < 4.78 is 4.53. The minimum absolute atomic E-state index is 0.0655. The SMILES string of the molecule is COC(=O)CCNCc1ccc(CO)cc1. The Morgan fingerprint density at radius 1 is 1.31 bits per heavy atom. The molecule has 0 spiro atoms. The maximum Gasteiger partial charge on any atom is 0.306 e. The molecule has 0 aliphatic heterocycles. The Morgan fingerprint density at radius 3 is 2.50 bits per heavy atom. The van der Waals surface area contributed by atoms with Gasteiger partial charge in [-0.1, -0.05) is 24.3 Å². The highest BCUT2D eigenvalue weighted by molar-refractivity contribution is 5.69. The number of benzene rings is 1. The number of hydrogen-bond donors (Lipinski definition) is 2. The van der Waals surface area contributed by atoms with Crippen LogP contribution >= 0.6 is 0 Å². The maximum absolute atomic E-state index is 10.8. The van der Waals surface area contributed by atoms with Gasteiger partial charge in [-0.2, -0.15) is 0 Å². The fourth-order valence-electron chi connectivity index (χ4n) is 1.29. The molecule has 0 saturated heterocycles. The number of aliphatic hydroxyl groups is 1. The number of ether oxygens (including phenoxy) is 1. The molecule has 0 aromatic heterocycles. The Bertz CT molecular complexity index is 322. The van der Waals surface area contributed by atoms with Crippen LogP contribution < -0.4 is 5.32 Å². The average molecular weight is 223 g/mol. The van der Waals surface area contributed by atoms with Crippen LogP contribution in [0.1, 0.15) is 17.5 Å². The van der Waals surface area contributed by atoms with E-state index in [4.69, 9.17) is 5.11 Å². The highest BCUT2D eigenvalue weighted by Crippen LogP contribution is 2.03. The molecule has 1 rings (SSSR count). The Morgan fingerprint density at radius 2 is 1.94 bits per heavy atom. The van der Waals surface area contributed by atoms with E-state index in [9.17, 15) is 4.79 Å². The van der Waals surface area contributed by atoms with Gasteiger partial charge in [0, 0.05) is 13.1 Å². The quantitative estimate of drug-likeness (QED) is 0.554. The fraction of sp³-hybridized carbons (Fsp3) is 0.417. The topological polar surface area (TPSA) is 58.6 Å². The van der Waals surface area contributed by atoms with E-state index < -0.39 is 0 Å². The molecule has 0 heterocycles. The van der Waals surface area contributed by atoms with Crippen molar-refractivity contribution in [3.8, 4) is 0 Å². The van der Waals surface area contributed by atoms with Crippen molar-refractivity contribution in [1.82, 2.24) is 5.32 Å². The first-order chi connectivity index (χ1) is 7.76. The molecule has 0 unspecified atom stereocenters. The van der Waals surface area contributed by atoms with Crippen LogP contribution in [-0.4, -0.2) is 24.7 Å². The molecule has 4 heteroatoms. The first-order valence-corrected chi connectivity index (χ1v) is 5.22. The Hall–Kier alpha value is -1.39. The molecule has 4 nitrogen and oxygen atoms in total. The highest BCUT2D eigenvalue weighted by atomic mass is 16.5. The van der Waals surface area contributed by atoms with Gasteiger partial charge >= 0.3 is 5.97 Å². The van der Waals surface area contributed by atoms with Gasteiger partial charge in [-0.15, -0.1) is 0 Å². The monoisotopic (exact) mass is 223 g/mol. The van der Waals surface area contributed by atoms with E-state index >= 15 is 0 Å². The first kappa shape index (κ1) is 12.7. The molecule has 0 saturated carbocycles. The standard InChI is InChI=1S/C12H17NO3/c1-16-12(15)6-7-13-8-10-2-4-11(9-14)5-3-10/h2-5,13-14H,6-9H2,1H3.